The monoisotopic (exact) mass is 209 g/mol. The average molecular weight is 209 g/mol. The molecule has 1 amide bonds. The molecule has 0 saturated carbocycles. The van der Waals surface area contributed by atoms with Crippen molar-refractivity contribution in [2.75, 3.05) is 6.61 Å². The standard InChI is InChI=1S/C12H19NO2/c1-2-3-8-15-12-10-6-4-9(5-7-10)11(14)13-12/h4,6,9-10,12H,2-3,5,7-8H2,1H3,(H,13,14)/t9-,10+,12-/m1/s1. The summed E-state index contributed by atoms with van der Waals surface area (Å²) in [5, 5.41) is 2.98. The predicted molar refractivity (Wildman–Crippen MR) is 58.1 cm³/mol. The number of rotatable bonds is 4. The van der Waals surface area contributed by atoms with Gasteiger partial charge in [0, 0.05) is 12.5 Å². The number of nitrogens with one attached hydrogen (secondary N) is 1. The molecule has 0 aromatic rings. The van der Waals surface area contributed by atoms with Crippen LogP contribution in [0.5, 0.6) is 0 Å². The first kappa shape index (κ1) is 10.7. The Morgan fingerprint density at radius 1 is 1.47 bits per heavy atom. The predicted octanol–water partition coefficient (Wildman–Crippen LogP) is 1.84. The maximum atomic E-state index is 11.7. The van der Waals surface area contributed by atoms with E-state index >= 15 is 0 Å². The fourth-order valence-electron chi connectivity index (χ4n) is 2.19. The van der Waals surface area contributed by atoms with Crippen LogP contribution < -0.4 is 5.32 Å². The molecule has 2 bridgehead atoms. The summed E-state index contributed by atoms with van der Waals surface area (Å²) in [7, 11) is 0. The Morgan fingerprint density at radius 2 is 2.33 bits per heavy atom. The van der Waals surface area contributed by atoms with Crippen molar-refractivity contribution in [3.8, 4) is 0 Å². The number of carbonyl (C=O) groups excluding carboxylic acids is 1. The van der Waals surface area contributed by atoms with Crippen LogP contribution in [0.3, 0.4) is 0 Å². The third kappa shape index (κ3) is 2.40. The summed E-state index contributed by atoms with van der Waals surface area (Å²) < 4.78 is 5.72. The van der Waals surface area contributed by atoms with E-state index in [1.807, 2.05) is 6.08 Å². The van der Waals surface area contributed by atoms with E-state index in [1.54, 1.807) is 0 Å². The molecule has 2 aliphatic heterocycles. The van der Waals surface area contributed by atoms with Crippen LogP contribution in [0.2, 0.25) is 0 Å². The van der Waals surface area contributed by atoms with Crippen molar-refractivity contribution in [2.45, 2.75) is 38.8 Å². The molecule has 3 heteroatoms. The van der Waals surface area contributed by atoms with E-state index in [4.69, 9.17) is 4.74 Å². The van der Waals surface area contributed by atoms with Gasteiger partial charge in [-0.1, -0.05) is 25.5 Å². The van der Waals surface area contributed by atoms with E-state index in [9.17, 15) is 4.79 Å². The van der Waals surface area contributed by atoms with Gasteiger partial charge in [-0.05, 0) is 19.3 Å². The molecule has 84 valence electrons. The van der Waals surface area contributed by atoms with Gasteiger partial charge >= 0.3 is 0 Å². The number of carbonyl (C=O) groups is 1. The number of fused-ring (bicyclic) bond motifs is 3. The van der Waals surface area contributed by atoms with Crippen LogP contribution in [0.15, 0.2) is 12.2 Å². The number of unbranched alkanes of at least 4 members (excludes halogenated alkanes) is 1. The second-order valence-corrected chi connectivity index (χ2v) is 4.39. The zero-order valence-corrected chi connectivity index (χ0v) is 9.24. The summed E-state index contributed by atoms with van der Waals surface area (Å²) in [6, 6.07) is 0. The highest BCUT2D eigenvalue weighted by molar-refractivity contribution is 5.81. The quantitative estimate of drug-likeness (QED) is 0.566. The molecule has 3 rings (SSSR count). The Morgan fingerprint density at radius 3 is 3.00 bits per heavy atom. The molecule has 0 unspecified atom stereocenters. The molecule has 0 aromatic heterocycles. The Kier molecular flexibility index (Phi) is 3.41. The van der Waals surface area contributed by atoms with E-state index in [0.717, 1.165) is 32.3 Å². The summed E-state index contributed by atoms with van der Waals surface area (Å²) >= 11 is 0. The lowest BCUT2D eigenvalue weighted by molar-refractivity contribution is -0.127. The maximum absolute atomic E-state index is 11.7. The highest BCUT2D eigenvalue weighted by Crippen LogP contribution is 2.29. The number of ether oxygens (including phenoxy) is 1. The van der Waals surface area contributed by atoms with Crippen LogP contribution in [0.4, 0.5) is 0 Å². The molecule has 1 fully saturated rings. The number of amides is 1. The normalized spacial score (nSPS) is 33.9. The summed E-state index contributed by atoms with van der Waals surface area (Å²) in [5.41, 5.74) is 0. The van der Waals surface area contributed by atoms with Crippen molar-refractivity contribution in [2.24, 2.45) is 11.8 Å². The molecule has 3 aliphatic rings. The van der Waals surface area contributed by atoms with Crippen molar-refractivity contribution < 1.29 is 9.53 Å². The Hall–Kier alpha value is -0.830. The fraction of sp³-hybridized carbons (Fsp3) is 0.750. The lowest BCUT2D eigenvalue weighted by Gasteiger charge is -2.23. The van der Waals surface area contributed by atoms with Crippen LogP contribution >= 0.6 is 0 Å². The SMILES string of the molecule is CCCCO[C@H]1NC(=O)[C@@H]2C=C[C@H]1CC2. The molecular formula is C12H19NO2. The molecule has 0 radical (unpaired) electrons. The molecule has 1 N–H and O–H groups in total. The average Bonchev–Trinajstić information content (AvgIpc) is 2.50. The van der Waals surface area contributed by atoms with Gasteiger partial charge in [0.25, 0.3) is 0 Å². The second kappa shape index (κ2) is 4.79. The molecule has 0 spiro atoms. The van der Waals surface area contributed by atoms with Gasteiger partial charge in [0.1, 0.15) is 6.23 Å². The summed E-state index contributed by atoms with van der Waals surface area (Å²) in [6.07, 6.45) is 8.32. The van der Waals surface area contributed by atoms with Crippen molar-refractivity contribution in [3.63, 3.8) is 0 Å². The molecule has 2 heterocycles. The number of hydrogen-bond acceptors (Lipinski definition) is 2. The largest absolute Gasteiger partial charge is 0.358 e. The van der Waals surface area contributed by atoms with Gasteiger partial charge in [-0.25, -0.2) is 0 Å². The Labute approximate surface area is 90.9 Å². The number of hydrogen-bond donors (Lipinski definition) is 1. The molecule has 3 nitrogen and oxygen atoms in total. The maximum Gasteiger partial charge on any atom is 0.228 e. The highest BCUT2D eigenvalue weighted by Gasteiger charge is 2.33. The topological polar surface area (TPSA) is 38.3 Å². The van der Waals surface area contributed by atoms with Gasteiger partial charge in [-0.2, -0.15) is 0 Å². The fourth-order valence-corrected chi connectivity index (χ4v) is 2.19. The second-order valence-electron chi connectivity index (χ2n) is 4.39. The molecule has 1 saturated heterocycles. The van der Waals surface area contributed by atoms with Gasteiger partial charge in [-0.15, -0.1) is 0 Å². The summed E-state index contributed by atoms with van der Waals surface area (Å²) in [5.74, 6) is 0.596. The zero-order valence-electron chi connectivity index (χ0n) is 9.24. The van der Waals surface area contributed by atoms with E-state index < -0.39 is 0 Å². The minimum atomic E-state index is -0.0900. The van der Waals surface area contributed by atoms with Crippen LogP contribution in [-0.2, 0) is 9.53 Å². The third-order valence-corrected chi connectivity index (χ3v) is 3.21. The summed E-state index contributed by atoms with van der Waals surface area (Å²) in [6.45, 7) is 2.89. The van der Waals surface area contributed by atoms with Gasteiger partial charge in [0.2, 0.25) is 5.91 Å². The zero-order chi connectivity index (χ0) is 10.7. The van der Waals surface area contributed by atoms with Gasteiger partial charge in [0.15, 0.2) is 0 Å². The van der Waals surface area contributed by atoms with Crippen molar-refractivity contribution >= 4 is 5.91 Å². The van der Waals surface area contributed by atoms with Crippen LogP contribution in [0.25, 0.3) is 0 Å². The van der Waals surface area contributed by atoms with E-state index in [-0.39, 0.29) is 18.1 Å². The van der Waals surface area contributed by atoms with Gasteiger partial charge in [0.05, 0.1) is 5.92 Å². The first-order valence-electron chi connectivity index (χ1n) is 5.91. The minimum Gasteiger partial charge on any atom is -0.358 e. The molecular weight excluding hydrogens is 190 g/mol. The lowest BCUT2D eigenvalue weighted by Crippen LogP contribution is -2.40. The van der Waals surface area contributed by atoms with Crippen molar-refractivity contribution in [1.82, 2.24) is 5.32 Å². The molecule has 15 heavy (non-hydrogen) atoms. The van der Waals surface area contributed by atoms with Crippen LogP contribution in [0.1, 0.15) is 32.6 Å². The summed E-state index contributed by atoms with van der Waals surface area (Å²) in [4.78, 5) is 11.7. The van der Waals surface area contributed by atoms with Gasteiger partial charge < -0.3 is 10.1 Å². The molecule has 0 aromatic carbocycles. The Bertz CT molecular complexity index is 262. The van der Waals surface area contributed by atoms with E-state index in [0.29, 0.717) is 5.92 Å². The van der Waals surface area contributed by atoms with E-state index in [1.165, 1.54) is 0 Å². The minimum absolute atomic E-state index is 0.0843. The first-order valence-corrected chi connectivity index (χ1v) is 5.91. The van der Waals surface area contributed by atoms with Crippen molar-refractivity contribution in [1.29, 1.82) is 0 Å². The van der Waals surface area contributed by atoms with Crippen LogP contribution in [0, 0.1) is 11.8 Å². The first-order chi connectivity index (χ1) is 7.31. The van der Waals surface area contributed by atoms with Crippen LogP contribution in [-0.4, -0.2) is 18.7 Å². The molecule has 3 atom stereocenters. The molecule has 1 aliphatic carbocycles. The van der Waals surface area contributed by atoms with Gasteiger partial charge in [-0.3, -0.25) is 4.79 Å². The smallest absolute Gasteiger partial charge is 0.228 e. The highest BCUT2D eigenvalue weighted by atomic mass is 16.5. The lowest BCUT2D eigenvalue weighted by atomic mass is 9.90. The van der Waals surface area contributed by atoms with Crippen molar-refractivity contribution in [3.05, 3.63) is 12.2 Å². The third-order valence-electron chi connectivity index (χ3n) is 3.21. The van der Waals surface area contributed by atoms with E-state index in [2.05, 4.69) is 18.3 Å². The Balaban J connectivity index is 1.94.